The SMILES string of the molecule is Cc1ccc(F)cc1[C@@H](N)CN. The largest absolute Gasteiger partial charge is 0.329 e. The molecule has 0 saturated heterocycles. The van der Waals surface area contributed by atoms with Crippen LogP contribution in [-0.4, -0.2) is 6.54 Å². The second-order valence-electron chi connectivity index (χ2n) is 2.84. The molecule has 0 radical (unpaired) electrons. The summed E-state index contributed by atoms with van der Waals surface area (Å²) in [7, 11) is 0. The Balaban J connectivity index is 3.04. The molecule has 0 fully saturated rings. The Morgan fingerprint density at radius 3 is 2.75 bits per heavy atom. The van der Waals surface area contributed by atoms with Gasteiger partial charge in [0.1, 0.15) is 5.82 Å². The highest BCUT2D eigenvalue weighted by Gasteiger charge is 2.07. The highest BCUT2D eigenvalue weighted by molar-refractivity contribution is 5.29. The van der Waals surface area contributed by atoms with Crippen LogP contribution in [0.4, 0.5) is 4.39 Å². The maximum atomic E-state index is 12.7. The number of benzene rings is 1. The van der Waals surface area contributed by atoms with Gasteiger partial charge in [0, 0.05) is 12.6 Å². The van der Waals surface area contributed by atoms with Gasteiger partial charge in [0.05, 0.1) is 0 Å². The Labute approximate surface area is 71.4 Å². The molecule has 1 atom stereocenters. The highest BCUT2D eigenvalue weighted by atomic mass is 19.1. The molecule has 0 heterocycles. The van der Waals surface area contributed by atoms with Crippen LogP contribution in [0.2, 0.25) is 0 Å². The fourth-order valence-corrected chi connectivity index (χ4v) is 1.14. The van der Waals surface area contributed by atoms with Crippen LogP contribution in [0.25, 0.3) is 0 Å². The van der Waals surface area contributed by atoms with E-state index in [2.05, 4.69) is 0 Å². The van der Waals surface area contributed by atoms with E-state index in [4.69, 9.17) is 11.5 Å². The van der Waals surface area contributed by atoms with E-state index in [0.717, 1.165) is 11.1 Å². The number of hydrogen-bond acceptors (Lipinski definition) is 2. The minimum Gasteiger partial charge on any atom is -0.329 e. The Morgan fingerprint density at radius 1 is 1.50 bits per heavy atom. The molecule has 0 aromatic heterocycles. The second kappa shape index (κ2) is 3.65. The third-order valence-electron chi connectivity index (χ3n) is 1.89. The number of rotatable bonds is 2. The third-order valence-corrected chi connectivity index (χ3v) is 1.89. The number of hydrogen-bond donors (Lipinski definition) is 2. The van der Waals surface area contributed by atoms with Gasteiger partial charge in [0.15, 0.2) is 0 Å². The van der Waals surface area contributed by atoms with Crippen LogP contribution >= 0.6 is 0 Å². The average molecular weight is 168 g/mol. The molecule has 0 aliphatic carbocycles. The van der Waals surface area contributed by atoms with E-state index >= 15 is 0 Å². The Bertz CT molecular complexity index is 273. The van der Waals surface area contributed by atoms with Crippen molar-refractivity contribution in [3.63, 3.8) is 0 Å². The second-order valence-corrected chi connectivity index (χ2v) is 2.84. The molecule has 0 aliphatic heterocycles. The van der Waals surface area contributed by atoms with E-state index in [-0.39, 0.29) is 11.9 Å². The topological polar surface area (TPSA) is 52.0 Å². The fraction of sp³-hybridized carbons (Fsp3) is 0.333. The summed E-state index contributed by atoms with van der Waals surface area (Å²) in [4.78, 5) is 0. The van der Waals surface area contributed by atoms with Gasteiger partial charge >= 0.3 is 0 Å². The fourth-order valence-electron chi connectivity index (χ4n) is 1.14. The summed E-state index contributed by atoms with van der Waals surface area (Å²) < 4.78 is 12.7. The molecule has 0 unspecified atom stereocenters. The Kier molecular flexibility index (Phi) is 2.78. The first kappa shape index (κ1) is 9.16. The van der Waals surface area contributed by atoms with E-state index in [1.54, 1.807) is 6.07 Å². The van der Waals surface area contributed by atoms with Crippen LogP contribution in [0.15, 0.2) is 18.2 Å². The van der Waals surface area contributed by atoms with Crippen LogP contribution in [-0.2, 0) is 0 Å². The van der Waals surface area contributed by atoms with Gasteiger partial charge in [-0.1, -0.05) is 6.07 Å². The standard InChI is InChI=1S/C9H13FN2/c1-6-2-3-7(10)4-8(6)9(12)5-11/h2-4,9H,5,11-12H2,1H3/t9-/m0/s1. The zero-order chi connectivity index (χ0) is 9.14. The van der Waals surface area contributed by atoms with E-state index < -0.39 is 0 Å². The van der Waals surface area contributed by atoms with Crippen LogP contribution < -0.4 is 11.5 Å². The quantitative estimate of drug-likeness (QED) is 0.694. The van der Waals surface area contributed by atoms with E-state index in [1.165, 1.54) is 12.1 Å². The molecular weight excluding hydrogens is 155 g/mol. The predicted molar refractivity (Wildman–Crippen MR) is 47.1 cm³/mol. The average Bonchev–Trinajstić information content (AvgIpc) is 2.08. The summed E-state index contributed by atoms with van der Waals surface area (Å²) >= 11 is 0. The lowest BCUT2D eigenvalue weighted by Crippen LogP contribution is -2.21. The van der Waals surface area contributed by atoms with Gasteiger partial charge in [-0.15, -0.1) is 0 Å². The van der Waals surface area contributed by atoms with Crippen LogP contribution in [0, 0.1) is 12.7 Å². The lowest BCUT2D eigenvalue weighted by atomic mass is 10.0. The van der Waals surface area contributed by atoms with Crippen molar-refractivity contribution in [2.24, 2.45) is 11.5 Å². The molecule has 0 amide bonds. The summed E-state index contributed by atoms with van der Waals surface area (Å²) in [6.45, 7) is 2.23. The summed E-state index contributed by atoms with van der Waals surface area (Å²) in [5.41, 5.74) is 12.8. The van der Waals surface area contributed by atoms with E-state index in [1.807, 2.05) is 6.92 Å². The number of aryl methyl sites for hydroxylation is 1. The zero-order valence-electron chi connectivity index (χ0n) is 7.05. The van der Waals surface area contributed by atoms with Gasteiger partial charge in [-0.2, -0.15) is 0 Å². The zero-order valence-corrected chi connectivity index (χ0v) is 7.05. The predicted octanol–water partition coefficient (Wildman–Crippen LogP) is 1.09. The van der Waals surface area contributed by atoms with Crippen molar-refractivity contribution in [2.75, 3.05) is 6.54 Å². The maximum Gasteiger partial charge on any atom is 0.123 e. The first-order chi connectivity index (χ1) is 5.65. The first-order valence-corrected chi connectivity index (χ1v) is 3.87. The van der Waals surface area contributed by atoms with Crippen molar-refractivity contribution < 1.29 is 4.39 Å². The third kappa shape index (κ3) is 1.81. The minimum atomic E-state index is -0.264. The lowest BCUT2D eigenvalue weighted by Gasteiger charge is -2.11. The molecule has 1 rings (SSSR count). The van der Waals surface area contributed by atoms with Crippen molar-refractivity contribution in [3.05, 3.63) is 35.1 Å². The van der Waals surface area contributed by atoms with Gasteiger partial charge in [-0.3, -0.25) is 0 Å². The smallest absolute Gasteiger partial charge is 0.123 e. The Morgan fingerprint density at radius 2 is 2.17 bits per heavy atom. The minimum absolute atomic E-state index is 0.263. The molecule has 1 aromatic carbocycles. The molecule has 4 N–H and O–H groups in total. The van der Waals surface area contributed by atoms with Gasteiger partial charge in [-0.05, 0) is 30.2 Å². The van der Waals surface area contributed by atoms with E-state index in [9.17, 15) is 4.39 Å². The summed E-state index contributed by atoms with van der Waals surface area (Å²) in [6.07, 6.45) is 0. The molecule has 66 valence electrons. The van der Waals surface area contributed by atoms with Gasteiger partial charge in [-0.25, -0.2) is 4.39 Å². The van der Waals surface area contributed by atoms with Crippen LogP contribution in [0.1, 0.15) is 17.2 Å². The molecule has 0 saturated carbocycles. The van der Waals surface area contributed by atoms with Crippen molar-refractivity contribution in [3.8, 4) is 0 Å². The first-order valence-electron chi connectivity index (χ1n) is 3.87. The highest BCUT2D eigenvalue weighted by Crippen LogP contribution is 2.15. The molecule has 12 heavy (non-hydrogen) atoms. The Hall–Kier alpha value is -0.930. The molecule has 0 spiro atoms. The van der Waals surface area contributed by atoms with Gasteiger partial charge < -0.3 is 11.5 Å². The summed E-state index contributed by atoms with van der Waals surface area (Å²) in [5.74, 6) is -0.264. The number of halogens is 1. The van der Waals surface area contributed by atoms with Gasteiger partial charge in [0.25, 0.3) is 0 Å². The molecule has 2 nitrogen and oxygen atoms in total. The van der Waals surface area contributed by atoms with Crippen LogP contribution in [0.3, 0.4) is 0 Å². The molecular formula is C9H13FN2. The van der Waals surface area contributed by atoms with Crippen LogP contribution in [0.5, 0.6) is 0 Å². The lowest BCUT2D eigenvalue weighted by molar-refractivity contribution is 0.618. The van der Waals surface area contributed by atoms with Crippen molar-refractivity contribution >= 4 is 0 Å². The summed E-state index contributed by atoms with van der Waals surface area (Å²) in [6, 6.07) is 4.30. The number of nitrogens with two attached hydrogens (primary N) is 2. The maximum absolute atomic E-state index is 12.7. The molecule has 1 aromatic rings. The monoisotopic (exact) mass is 168 g/mol. The molecule has 0 aliphatic rings. The molecule has 3 heteroatoms. The normalized spacial score (nSPS) is 13.0. The van der Waals surface area contributed by atoms with Crippen molar-refractivity contribution in [2.45, 2.75) is 13.0 Å². The molecule has 0 bridgehead atoms. The van der Waals surface area contributed by atoms with Gasteiger partial charge in [0.2, 0.25) is 0 Å². The van der Waals surface area contributed by atoms with Crippen molar-refractivity contribution in [1.29, 1.82) is 0 Å². The van der Waals surface area contributed by atoms with E-state index in [0.29, 0.717) is 6.54 Å². The summed E-state index contributed by atoms with van der Waals surface area (Å²) in [5, 5.41) is 0. The van der Waals surface area contributed by atoms with Crippen molar-refractivity contribution in [1.82, 2.24) is 0 Å².